The zero-order valence-electron chi connectivity index (χ0n) is 16.1. The number of nitrogens with zero attached hydrogens (tertiary/aromatic N) is 1. The second-order valence-corrected chi connectivity index (χ2v) is 8.58. The van der Waals surface area contributed by atoms with E-state index in [0.29, 0.717) is 18.3 Å². The topological polar surface area (TPSA) is 67.2 Å². The van der Waals surface area contributed by atoms with E-state index in [4.69, 9.17) is 4.52 Å². The van der Waals surface area contributed by atoms with Crippen LogP contribution in [-0.2, 0) is 17.0 Å². The lowest BCUT2D eigenvalue weighted by Gasteiger charge is -2.31. The maximum Gasteiger partial charge on any atom is 0.220 e. The van der Waals surface area contributed by atoms with Gasteiger partial charge in [0.05, 0.1) is 11.4 Å². The molecular formula is C21H29N3O2S. The minimum atomic E-state index is 0.155. The highest BCUT2D eigenvalue weighted by molar-refractivity contribution is 7.98. The van der Waals surface area contributed by atoms with Crippen LogP contribution in [0.2, 0.25) is 0 Å². The van der Waals surface area contributed by atoms with Gasteiger partial charge in [0, 0.05) is 23.4 Å². The first-order valence-corrected chi connectivity index (χ1v) is 10.7. The van der Waals surface area contributed by atoms with Gasteiger partial charge < -0.3 is 15.2 Å². The molecule has 2 heterocycles. The Kier molecular flexibility index (Phi) is 7.35. The number of rotatable bonds is 8. The normalized spacial score (nSPS) is 20.0. The van der Waals surface area contributed by atoms with E-state index >= 15 is 0 Å². The molecular weight excluding hydrogens is 358 g/mol. The summed E-state index contributed by atoms with van der Waals surface area (Å²) >= 11 is 1.75. The van der Waals surface area contributed by atoms with Gasteiger partial charge in [0.15, 0.2) is 0 Å². The summed E-state index contributed by atoms with van der Waals surface area (Å²) in [5.74, 6) is 2.64. The molecule has 3 rings (SSSR count). The molecule has 1 amide bonds. The zero-order chi connectivity index (χ0) is 19.1. The Morgan fingerprint density at radius 2 is 2.15 bits per heavy atom. The third-order valence-corrected chi connectivity index (χ3v) is 5.90. The number of amides is 1. The number of aromatic nitrogens is 1. The molecule has 1 aromatic carbocycles. The Morgan fingerprint density at radius 3 is 2.93 bits per heavy atom. The Hall–Kier alpha value is -1.79. The van der Waals surface area contributed by atoms with Gasteiger partial charge in [-0.25, -0.2) is 0 Å². The summed E-state index contributed by atoms with van der Waals surface area (Å²) in [6, 6.07) is 12.6. The summed E-state index contributed by atoms with van der Waals surface area (Å²) in [5, 5.41) is 10.7. The minimum absolute atomic E-state index is 0.155. The van der Waals surface area contributed by atoms with Crippen molar-refractivity contribution >= 4 is 17.7 Å². The molecule has 146 valence electrons. The van der Waals surface area contributed by atoms with Gasteiger partial charge in [-0.05, 0) is 63.7 Å². The standard InChI is InChI=1S/C21H29N3O2S/c1-15(2)23-21(25)11-16-8-9-22-13-17(16)10-18-12-19(26-24-18)14-27-20-6-4-3-5-7-20/h3-7,12,15-17,22H,8-11,13-14H2,1-2H3,(H,23,25)/t16-,17-/m0/s1. The van der Waals surface area contributed by atoms with Gasteiger partial charge >= 0.3 is 0 Å². The second kappa shape index (κ2) is 9.95. The van der Waals surface area contributed by atoms with Crippen LogP contribution < -0.4 is 10.6 Å². The van der Waals surface area contributed by atoms with Crippen LogP contribution in [0.15, 0.2) is 45.8 Å². The number of thioether (sulfide) groups is 1. The predicted molar refractivity (Wildman–Crippen MR) is 109 cm³/mol. The van der Waals surface area contributed by atoms with E-state index in [-0.39, 0.29) is 11.9 Å². The van der Waals surface area contributed by atoms with Crippen molar-refractivity contribution in [1.29, 1.82) is 0 Å². The molecule has 6 heteroatoms. The first-order valence-electron chi connectivity index (χ1n) is 9.72. The van der Waals surface area contributed by atoms with Crippen LogP contribution >= 0.6 is 11.8 Å². The van der Waals surface area contributed by atoms with Crippen LogP contribution in [-0.4, -0.2) is 30.2 Å². The van der Waals surface area contributed by atoms with E-state index in [2.05, 4.69) is 34.0 Å². The first-order chi connectivity index (χ1) is 13.1. The Morgan fingerprint density at radius 1 is 1.33 bits per heavy atom. The average molecular weight is 388 g/mol. The maximum absolute atomic E-state index is 12.2. The van der Waals surface area contributed by atoms with Gasteiger partial charge in [0.25, 0.3) is 0 Å². The van der Waals surface area contributed by atoms with Gasteiger partial charge in [-0.3, -0.25) is 4.79 Å². The Bertz CT molecular complexity index is 717. The summed E-state index contributed by atoms with van der Waals surface area (Å²) in [5.41, 5.74) is 0.988. The van der Waals surface area contributed by atoms with Crippen molar-refractivity contribution in [1.82, 2.24) is 15.8 Å². The largest absolute Gasteiger partial charge is 0.360 e. The Labute approximate surface area is 165 Å². The summed E-state index contributed by atoms with van der Waals surface area (Å²) in [6.45, 7) is 5.92. The van der Waals surface area contributed by atoms with E-state index in [1.165, 1.54) is 4.90 Å². The zero-order valence-corrected chi connectivity index (χ0v) is 16.9. The van der Waals surface area contributed by atoms with Crippen molar-refractivity contribution in [2.45, 2.75) is 49.8 Å². The van der Waals surface area contributed by atoms with Crippen molar-refractivity contribution in [2.75, 3.05) is 13.1 Å². The molecule has 5 nitrogen and oxygen atoms in total. The van der Waals surface area contributed by atoms with Crippen molar-refractivity contribution in [3.05, 3.63) is 47.9 Å². The van der Waals surface area contributed by atoms with Crippen LogP contribution in [0.4, 0.5) is 0 Å². The van der Waals surface area contributed by atoms with E-state index in [1.807, 2.05) is 32.0 Å². The number of benzene rings is 1. The first kappa shape index (κ1) is 20.0. The lowest BCUT2D eigenvalue weighted by Crippen LogP contribution is -2.41. The molecule has 27 heavy (non-hydrogen) atoms. The monoisotopic (exact) mass is 387 g/mol. The molecule has 0 aliphatic carbocycles. The number of hydrogen-bond acceptors (Lipinski definition) is 5. The second-order valence-electron chi connectivity index (χ2n) is 7.53. The molecule has 1 saturated heterocycles. The lowest BCUT2D eigenvalue weighted by atomic mass is 9.81. The van der Waals surface area contributed by atoms with Gasteiger partial charge in [0.2, 0.25) is 5.91 Å². The van der Waals surface area contributed by atoms with Gasteiger partial charge in [-0.15, -0.1) is 11.8 Å². The predicted octanol–water partition coefficient (Wildman–Crippen LogP) is 3.65. The number of carbonyl (C=O) groups is 1. The quantitative estimate of drug-likeness (QED) is 0.677. The number of carbonyl (C=O) groups excluding carboxylic acids is 1. The fourth-order valence-corrected chi connectivity index (χ4v) is 4.36. The molecule has 1 aliphatic rings. The molecule has 2 atom stereocenters. The van der Waals surface area contributed by atoms with Crippen LogP contribution in [0.3, 0.4) is 0 Å². The molecule has 1 aliphatic heterocycles. The SMILES string of the molecule is CC(C)NC(=O)C[C@@H]1CCNC[C@@H]1Cc1cc(CSc2ccccc2)on1. The van der Waals surface area contributed by atoms with Crippen molar-refractivity contribution < 1.29 is 9.32 Å². The van der Waals surface area contributed by atoms with Crippen LogP contribution in [0.5, 0.6) is 0 Å². The highest BCUT2D eigenvalue weighted by Crippen LogP contribution is 2.27. The molecule has 0 bridgehead atoms. The Balaban J connectivity index is 1.53. The number of piperidine rings is 1. The van der Waals surface area contributed by atoms with Gasteiger partial charge in [-0.1, -0.05) is 23.4 Å². The number of hydrogen-bond donors (Lipinski definition) is 2. The minimum Gasteiger partial charge on any atom is -0.360 e. The average Bonchev–Trinajstić information content (AvgIpc) is 3.09. The summed E-state index contributed by atoms with van der Waals surface area (Å²) in [7, 11) is 0. The molecule has 1 aromatic heterocycles. The van der Waals surface area contributed by atoms with Crippen LogP contribution in [0.25, 0.3) is 0 Å². The van der Waals surface area contributed by atoms with Crippen molar-refractivity contribution in [3.8, 4) is 0 Å². The lowest BCUT2D eigenvalue weighted by molar-refractivity contribution is -0.123. The highest BCUT2D eigenvalue weighted by Gasteiger charge is 2.28. The molecule has 0 saturated carbocycles. The summed E-state index contributed by atoms with van der Waals surface area (Å²) in [4.78, 5) is 13.4. The highest BCUT2D eigenvalue weighted by atomic mass is 32.2. The van der Waals surface area contributed by atoms with E-state index in [9.17, 15) is 4.79 Å². The molecule has 2 N–H and O–H groups in total. The molecule has 0 unspecified atom stereocenters. The molecule has 2 aromatic rings. The smallest absolute Gasteiger partial charge is 0.220 e. The molecule has 0 spiro atoms. The molecule has 0 radical (unpaired) electrons. The third kappa shape index (κ3) is 6.40. The van der Waals surface area contributed by atoms with E-state index in [0.717, 1.165) is 43.1 Å². The third-order valence-electron chi connectivity index (χ3n) is 4.87. The maximum atomic E-state index is 12.2. The van der Waals surface area contributed by atoms with Crippen LogP contribution in [0.1, 0.15) is 38.1 Å². The van der Waals surface area contributed by atoms with E-state index < -0.39 is 0 Å². The van der Waals surface area contributed by atoms with Gasteiger partial charge in [-0.2, -0.15) is 0 Å². The number of nitrogens with one attached hydrogen (secondary N) is 2. The fraction of sp³-hybridized carbons (Fsp3) is 0.524. The van der Waals surface area contributed by atoms with Gasteiger partial charge in [0.1, 0.15) is 5.76 Å². The van der Waals surface area contributed by atoms with Crippen molar-refractivity contribution in [3.63, 3.8) is 0 Å². The summed E-state index contributed by atoms with van der Waals surface area (Å²) in [6.07, 6.45) is 2.48. The fourth-order valence-electron chi connectivity index (χ4n) is 3.56. The summed E-state index contributed by atoms with van der Waals surface area (Å²) < 4.78 is 5.53. The van der Waals surface area contributed by atoms with Crippen LogP contribution in [0, 0.1) is 11.8 Å². The van der Waals surface area contributed by atoms with E-state index in [1.54, 1.807) is 11.8 Å². The molecule has 1 fully saturated rings. The van der Waals surface area contributed by atoms with Crippen molar-refractivity contribution in [2.24, 2.45) is 11.8 Å².